The predicted molar refractivity (Wildman–Crippen MR) is 192 cm³/mol. The Morgan fingerprint density at radius 2 is 1.38 bits per heavy atom. The molecule has 13 heteroatoms. The quantitative estimate of drug-likeness (QED) is 0.208. The van der Waals surface area contributed by atoms with Gasteiger partial charge in [-0.2, -0.15) is 11.3 Å². The van der Waals surface area contributed by atoms with E-state index >= 15 is 0 Å². The van der Waals surface area contributed by atoms with Crippen molar-refractivity contribution in [2.75, 3.05) is 6.61 Å². The Kier molecular flexibility index (Phi) is 9.87. The van der Waals surface area contributed by atoms with Crippen molar-refractivity contribution >= 4 is 47.5 Å². The molecule has 1 aliphatic heterocycles. The van der Waals surface area contributed by atoms with Gasteiger partial charge in [0.05, 0.1) is 18.6 Å². The maximum Gasteiger partial charge on any atom is 0.286 e. The molecule has 0 aromatic carbocycles. The van der Waals surface area contributed by atoms with Gasteiger partial charge in [0.15, 0.2) is 42.3 Å². The Hall–Kier alpha value is -1.46. The van der Waals surface area contributed by atoms with Crippen molar-refractivity contribution in [1.82, 2.24) is 19.1 Å². The first-order valence-electron chi connectivity index (χ1n) is 16.0. The molecule has 0 amide bonds. The second kappa shape index (κ2) is 12.2. The molecule has 4 heterocycles. The Morgan fingerprint density at radius 1 is 0.822 bits per heavy atom. The molecule has 0 aliphatic carbocycles. The summed E-state index contributed by atoms with van der Waals surface area (Å²) in [5.41, 5.74) is 1.32. The molecular weight excluding hydrogens is 637 g/mol. The van der Waals surface area contributed by atoms with E-state index in [0.717, 1.165) is 5.69 Å². The number of ether oxygens (including phenoxy) is 1. The Balaban J connectivity index is 1.85. The lowest BCUT2D eigenvalue weighted by molar-refractivity contribution is -0.0470. The van der Waals surface area contributed by atoms with Gasteiger partial charge in [-0.05, 0) is 65.8 Å². The molecule has 0 unspecified atom stereocenters. The van der Waals surface area contributed by atoms with Gasteiger partial charge in [-0.1, -0.05) is 62.3 Å². The number of hydrogen-bond acceptors (Lipinski definition) is 8. The van der Waals surface area contributed by atoms with Crippen LogP contribution in [0.1, 0.15) is 68.5 Å². The van der Waals surface area contributed by atoms with Crippen LogP contribution in [0.2, 0.25) is 54.4 Å². The zero-order valence-electron chi connectivity index (χ0n) is 30.1. The van der Waals surface area contributed by atoms with Gasteiger partial charge in [-0.3, -0.25) is 13.9 Å². The van der Waals surface area contributed by atoms with Crippen molar-refractivity contribution in [3.63, 3.8) is 0 Å². The highest BCUT2D eigenvalue weighted by atomic mass is 32.1. The van der Waals surface area contributed by atoms with E-state index in [2.05, 4.69) is 107 Å². The van der Waals surface area contributed by atoms with Crippen LogP contribution in [0.5, 0.6) is 0 Å². The SMILES string of the molecule is CC(C)(C)[Si](C)(C)OC[C@H]1O[C@@H](n2cnc3c(=O)n(-c4ccsc4)cnc32)[C@H](O[Si](C)(C)C(C)(C)C)[C@@H]1O[Si](C)(C)C(C)(C)C. The normalized spacial score (nSPS) is 22.5. The molecule has 0 spiro atoms. The standard InChI is InChI=1S/C32H56N4O5SSi3/c1-30(2,3)43(10,11)38-18-23-25(40-44(12,13)31(4,5)6)26(41-45(14,15)32(7,8)9)29(39-23)36-20-33-24-27(36)34-21-35(28(24)37)22-16-17-42-19-22/h16-17,19-21,23,25-26,29H,18H2,1-15H3/t23-,25-,26-,29-/m1/s1. The first-order valence-corrected chi connectivity index (χ1v) is 25.7. The number of aromatic nitrogens is 4. The van der Waals surface area contributed by atoms with Crippen LogP contribution in [0.15, 0.2) is 34.3 Å². The van der Waals surface area contributed by atoms with Crippen molar-refractivity contribution < 1.29 is 18.0 Å². The molecule has 0 radical (unpaired) electrons. The number of imidazole rings is 1. The number of nitrogens with zero attached hydrogens (tertiary/aromatic N) is 4. The van der Waals surface area contributed by atoms with Crippen LogP contribution in [0.3, 0.4) is 0 Å². The highest BCUT2D eigenvalue weighted by Gasteiger charge is 2.55. The number of fused-ring (bicyclic) bond motifs is 1. The zero-order valence-corrected chi connectivity index (χ0v) is 34.0. The van der Waals surface area contributed by atoms with Crippen LogP contribution in [0.25, 0.3) is 16.9 Å². The maximum absolute atomic E-state index is 13.6. The van der Waals surface area contributed by atoms with E-state index in [1.54, 1.807) is 12.7 Å². The summed E-state index contributed by atoms with van der Waals surface area (Å²) in [5, 5.41) is 3.84. The van der Waals surface area contributed by atoms with Crippen molar-refractivity contribution in [1.29, 1.82) is 0 Å². The van der Waals surface area contributed by atoms with Gasteiger partial charge in [0.1, 0.15) is 24.6 Å². The molecule has 0 bridgehead atoms. The van der Waals surface area contributed by atoms with Crippen LogP contribution in [-0.4, -0.2) is 69.0 Å². The highest BCUT2D eigenvalue weighted by molar-refractivity contribution is 7.08. The van der Waals surface area contributed by atoms with Gasteiger partial charge < -0.3 is 18.0 Å². The molecular formula is C32H56N4O5SSi3. The van der Waals surface area contributed by atoms with Crippen molar-refractivity contribution in [3.05, 3.63) is 39.8 Å². The second-order valence-corrected chi connectivity index (χ2v) is 32.1. The van der Waals surface area contributed by atoms with Gasteiger partial charge in [0.2, 0.25) is 0 Å². The summed E-state index contributed by atoms with van der Waals surface area (Å²) >= 11 is 1.53. The Morgan fingerprint density at radius 3 is 1.89 bits per heavy atom. The molecule has 0 saturated carbocycles. The van der Waals surface area contributed by atoms with E-state index in [1.165, 1.54) is 15.9 Å². The van der Waals surface area contributed by atoms with E-state index in [-0.39, 0.29) is 32.9 Å². The smallest absolute Gasteiger partial charge is 0.286 e. The average Bonchev–Trinajstić information content (AvgIpc) is 3.61. The van der Waals surface area contributed by atoms with Gasteiger partial charge in [-0.25, -0.2) is 9.97 Å². The molecule has 0 N–H and O–H groups in total. The summed E-state index contributed by atoms with van der Waals surface area (Å²) in [6.45, 7) is 34.2. The number of hydrogen-bond donors (Lipinski definition) is 0. The predicted octanol–water partition coefficient (Wildman–Crippen LogP) is 8.34. The van der Waals surface area contributed by atoms with E-state index in [9.17, 15) is 4.79 Å². The molecule has 3 aromatic heterocycles. The van der Waals surface area contributed by atoms with E-state index in [0.29, 0.717) is 17.8 Å². The molecule has 45 heavy (non-hydrogen) atoms. The second-order valence-electron chi connectivity index (χ2n) is 17.0. The summed E-state index contributed by atoms with van der Waals surface area (Å²) in [6, 6.07) is 1.90. The lowest BCUT2D eigenvalue weighted by Gasteiger charge is -2.44. The zero-order chi connectivity index (χ0) is 34.0. The van der Waals surface area contributed by atoms with Crippen molar-refractivity contribution in [2.24, 2.45) is 0 Å². The van der Waals surface area contributed by atoms with Crippen LogP contribution in [-0.2, 0) is 18.0 Å². The van der Waals surface area contributed by atoms with E-state index in [4.69, 9.17) is 23.0 Å². The van der Waals surface area contributed by atoms with Gasteiger partial charge in [-0.15, -0.1) is 0 Å². The van der Waals surface area contributed by atoms with Gasteiger partial charge in [0.25, 0.3) is 5.56 Å². The minimum Gasteiger partial charge on any atom is -0.414 e. The monoisotopic (exact) mass is 692 g/mol. The van der Waals surface area contributed by atoms with Crippen LogP contribution in [0, 0.1) is 0 Å². The van der Waals surface area contributed by atoms with E-state index in [1.807, 2.05) is 21.4 Å². The average molecular weight is 693 g/mol. The summed E-state index contributed by atoms with van der Waals surface area (Å²) < 4.78 is 31.7. The van der Waals surface area contributed by atoms with Crippen LogP contribution >= 0.6 is 11.3 Å². The van der Waals surface area contributed by atoms with Gasteiger partial charge >= 0.3 is 0 Å². The molecule has 1 saturated heterocycles. The molecule has 1 aliphatic rings. The highest BCUT2D eigenvalue weighted by Crippen LogP contribution is 2.46. The minimum absolute atomic E-state index is 0.0204. The first kappa shape index (κ1) is 36.4. The van der Waals surface area contributed by atoms with Crippen LogP contribution in [0.4, 0.5) is 0 Å². The fourth-order valence-corrected chi connectivity index (χ4v) is 8.80. The molecule has 4 rings (SSSR count). The largest absolute Gasteiger partial charge is 0.414 e. The molecule has 9 nitrogen and oxygen atoms in total. The van der Waals surface area contributed by atoms with Crippen LogP contribution < -0.4 is 5.56 Å². The third-order valence-corrected chi connectivity index (χ3v) is 24.8. The summed E-state index contributed by atoms with van der Waals surface area (Å²) in [6.07, 6.45) is 1.44. The molecule has 3 aromatic rings. The minimum atomic E-state index is -2.33. The molecule has 252 valence electrons. The fraction of sp³-hybridized carbons (Fsp3) is 0.719. The summed E-state index contributed by atoms with van der Waals surface area (Å²) in [5.74, 6) is 0. The third-order valence-electron chi connectivity index (χ3n) is 10.7. The van der Waals surface area contributed by atoms with Crippen molar-refractivity contribution in [3.8, 4) is 5.69 Å². The Labute approximate surface area is 277 Å². The Bertz CT molecular complexity index is 1530. The topological polar surface area (TPSA) is 89.6 Å². The molecule has 4 atom stereocenters. The van der Waals surface area contributed by atoms with Gasteiger partial charge in [0, 0.05) is 5.38 Å². The maximum atomic E-state index is 13.6. The third kappa shape index (κ3) is 7.20. The molecule has 1 fully saturated rings. The fourth-order valence-electron chi connectivity index (χ4n) is 4.55. The summed E-state index contributed by atoms with van der Waals surface area (Å²) in [7, 11) is -6.71. The number of rotatable bonds is 9. The number of thiophene rings is 1. The lowest BCUT2D eigenvalue weighted by Crippen LogP contribution is -2.54. The summed E-state index contributed by atoms with van der Waals surface area (Å²) in [4.78, 5) is 22.9. The van der Waals surface area contributed by atoms with Crippen molar-refractivity contribution in [2.45, 2.75) is 141 Å². The first-order chi connectivity index (χ1) is 20.4. The lowest BCUT2D eigenvalue weighted by atomic mass is 10.1. The van der Waals surface area contributed by atoms with E-state index < -0.39 is 37.3 Å².